The molecule has 1 aliphatic rings. The molecule has 0 spiro atoms. The van der Waals surface area contributed by atoms with Gasteiger partial charge in [0.15, 0.2) is 0 Å². The number of aryl methyl sites for hydroxylation is 1. The highest BCUT2D eigenvalue weighted by atomic mass is 32.2. The average Bonchev–Trinajstić information content (AvgIpc) is 3.24. The Morgan fingerprint density at radius 2 is 2.23 bits per heavy atom. The summed E-state index contributed by atoms with van der Waals surface area (Å²) in [5.74, 6) is 0.314. The van der Waals surface area contributed by atoms with Gasteiger partial charge in [-0.2, -0.15) is 0 Å². The summed E-state index contributed by atoms with van der Waals surface area (Å²) < 4.78 is 1.82. The standard InChI is InChI=1S/C15H19N5OS/c1-10-5-3-4-6-13(10)11(2)16-14(21)9-22-15-17-18-19-20(15)12-7-8-12/h3-6,11-12H,7-9H2,1-2H3,(H,16,21). The number of carbonyl (C=O) groups excluding carboxylic acids is 1. The van der Waals surface area contributed by atoms with Gasteiger partial charge in [-0.15, -0.1) is 5.10 Å². The van der Waals surface area contributed by atoms with Crippen LogP contribution in [0.1, 0.15) is 43.0 Å². The molecule has 22 heavy (non-hydrogen) atoms. The SMILES string of the molecule is Cc1ccccc1C(C)NC(=O)CSc1nnnn1C1CC1. The van der Waals surface area contributed by atoms with E-state index in [-0.39, 0.29) is 11.9 Å². The minimum Gasteiger partial charge on any atom is -0.349 e. The van der Waals surface area contributed by atoms with Gasteiger partial charge in [-0.25, -0.2) is 4.68 Å². The number of aromatic nitrogens is 4. The first kappa shape index (κ1) is 15.0. The highest BCUT2D eigenvalue weighted by Gasteiger charge is 2.28. The summed E-state index contributed by atoms with van der Waals surface area (Å²) in [6, 6.07) is 8.50. The van der Waals surface area contributed by atoms with E-state index in [1.165, 1.54) is 17.3 Å². The van der Waals surface area contributed by atoms with Crippen molar-refractivity contribution in [2.75, 3.05) is 5.75 Å². The van der Waals surface area contributed by atoms with Crippen LogP contribution < -0.4 is 5.32 Å². The van der Waals surface area contributed by atoms with Gasteiger partial charge in [0, 0.05) is 0 Å². The maximum absolute atomic E-state index is 12.1. The molecule has 1 unspecified atom stereocenters. The highest BCUT2D eigenvalue weighted by Crippen LogP contribution is 2.36. The third kappa shape index (κ3) is 3.47. The average molecular weight is 317 g/mol. The predicted molar refractivity (Wildman–Crippen MR) is 84.5 cm³/mol. The zero-order valence-corrected chi connectivity index (χ0v) is 13.5. The van der Waals surface area contributed by atoms with E-state index < -0.39 is 0 Å². The van der Waals surface area contributed by atoms with E-state index in [4.69, 9.17) is 0 Å². The Morgan fingerprint density at radius 3 is 2.95 bits per heavy atom. The molecule has 0 aliphatic heterocycles. The molecule has 1 aromatic heterocycles. The number of hydrogen-bond acceptors (Lipinski definition) is 5. The Labute approximate surface area is 133 Å². The predicted octanol–water partition coefficient (Wildman–Crippen LogP) is 2.29. The molecule has 3 rings (SSSR count). The minimum atomic E-state index is -0.00824. The van der Waals surface area contributed by atoms with Gasteiger partial charge in [-0.05, 0) is 48.2 Å². The van der Waals surface area contributed by atoms with E-state index in [1.807, 2.05) is 29.8 Å². The highest BCUT2D eigenvalue weighted by molar-refractivity contribution is 7.99. The van der Waals surface area contributed by atoms with Crippen molar-refractivity contribution in [1.29, 1.82) is 0 Å². The molecule has 0 radical (unpaired) electrons. The third-order valence-electron chi connectivity index (χ3n) is 3.72. The molecule has 1 amide bonds. The minimum absolute atomic E-state index is 0.00581. The fourth-order valence-corrected chi connectivity index (χ4v) is 3.15. The van der Waals surface area contributed by atoms with Crippen LogP contribution >= 0.6 is 11.8 Å². The van der Waals surface area contributed by atoms with Crippen LogP contribution in [0.2, 0.25) is 0 Å². The van der Waals surface area contributed by atoms with Crippen LogP contribution in [0.4, 0.5) is 0 Å². The summed E-state index contributed by atoms with van der Waals surface area (Å²) in [4.78, 5) is 12.1. The van der Waals surface area contributed by atoms with Gasteiger partial charge >= 0.3 is 0 Å². The normalized spacial score (nSPS) is 15.5. The molecular weight excluding hydrogens is 298 g/mol. The Hall–Kier alpha value is -1.89. The number of carbonyl (C=O) groups is 1. The molecule has 1 fully saturated rings. The Bertz CT molecular complexity index is 667. The number of thioether (sulfide) groups is 1. The Kier molecular flexibility index (Phi) is 4.42. The third-order valence-corrected chi connectivity index (χ3v) is 4.65. The summed E-state index contributed by atoms with van der Waals surface area (Å²) in [6.45, 7) is 4.05. The molecule has 0 bridgehead atoms. The van der Waals surface area contributed by atoms with Crippen LogP contribution in [-0.2, 0) is 4.79 Å². The zero-order valence-electron chi connectivity index (χ0n) is 12.7. The van der Waals surface area contributed by atoms with Crippen LogP contribution in [0.5, 0.6) is 0 Å². The first-order valence-electron chi connectivity index (χ1n) is 7.40. The smallest absolute Gasteiger partial charge is 0.230 e. The molecule has 2 aromatic rings. The molecule has 1 heterocycles. The summed E-state index contributed by atoms with van der Waals surface area (Å²) in [6.07, 6.45) is 2.24. The van der Waals surface area contributed by atoms with Gasteiger partial charge in [0.05, 0.1) is 17.8 Å². The van der Waals surface area contributed by atoms with E-state index in [0.717, 1.165) is 23.6 Å². The molecule has 6 nitrogen and oxygen atoms in total. The van der Waals surface area contributed by atoms with E-state index in [9.17, 15) is 4.79 Å². The van der Waals surface area contributed by atoms with Gasteiger partial charge in [0.2, 0.25) is 11.1 Å². The van der Waals surface area contributed by atoms with Crippen LogP contribution in [0, 0.1) is 6.92 Å². The molecule has 1 N–H and O–H groups in total. The molecule has 1 atom stereocenters. The second-order valence-corrected chi connectivity index (χ2v) is 6.51. The van der Waals surface area contributed by atoms with Gasteiger partial charge in [-0.3, -0.25) is 4.79 Å². The van der Waals surface area contributed by atoms with Crippen LogP contribution in [0.15, 0.2) is 29.4 Å². The Balaban J connectivity index is 1.54. The van der Waals surface area contributed by atoms with E-state index in [2.05, 4.69) is 33.8 Å². The summed E-state index contributed by atoms with van der Waals surface area (Å²) in [5, 5.41) is 15.4. The van der Waals surface area contributed by atoms with E-state index in [1.54, 1.807) is 0 Å². The summed E-state index contributed by atoms with van der Waals surface area (Å²) in [7, 11) is 0. The van der Waals surface area contributed by atoms with E-state index in [0.29, 0.717) is 11.8 Å². The second kappa shape index (κ2) is 6.48. The van der Waals surface area contributed by atoms with Gasteiger partial charge in [-0.1, -0.05) is 36.0 Å². The Morgan fingerprint density at radius 1 is 1.45 bits per heavy atom. The number of nitrogens with zero attached hydrogens (tertiary/aromatic N) is 4. The van der Waals surface area contributed by atoms with Crippen molar-refractivity contribution in [3.05, 3.63) is 35.4 Å². The van der Waals surface area contributed by atoms with E-state index >= 15 is 0 Å². The van der Waals surface area contributed by atoms with Crippen molar-refractivity contribution < 1.29 is 4.79 Å². The van der Waals surface area contributed by atoms with Crippen molar-refractivity contribution in [1.82, 2.24) is 25.5 Å². The first-order chi connectivity index (χ1) is 10.6. The van der Waals surface area contributed by atoms with Crippen LogP contribution in [0.3, 0.4) is 0 Å². The number of rotatable bonds is 6. The first-order valence-corrected chi connectivity index (χ1v) is 8.39. The monoisotopic (exact) mass is 317 g/mol. The number of amides is 1. The zero-order chi connectivity index (χ0) is 15.5. The lowest BCUT2D eigenvalue weighted by atomic mass is 10.0. The van der Waals surface area contributed by atoms with Crippen molar-refractivity contribution in [3.8, 4) is 0 Å². The molecular formula is C15H19N5OS. The fourth-order valence-electron chi connectivity index (χ4n) is 2.39. The van der Waals surface area contributed by atoms with Gasteiger partial charge in [0.25, 0.3) is 0 Å². The second-order valence-electron chi connectivity index (χ2n) is 5.57. The van der Waals surface area contributed by atoms with Crippen molar-refractivity contribution >= 4 is 17.7 Å². The van der Waals surface area contributed by atoms with Crippen LogP contribution in [-0.4, -0.2) is 31.9 Å². The van der Waals surface area contributed by atoms with Gasteiger partial charge in [0.1, 0.15) is 0 Å². The van der Waals surface area contributed by atoms with Crippen molar-refractivity contribution in [3.63, 3.8) is 0 Å². The number of tetrazole rings is 1. The quantitative estimate of drug-likeness (QED) is 0.828. The lowest BCUT2D eigenvalue weighted by molar-refractivity contribution is -0.119. The van der Waals surface area contributed by atoms with Crippen LogP contribution in [0.25, 0.3) is 0 Å². The molecule has 116 valence electrons. The van der Waals surface area contributed by atoms with Crippen molar-refractivity contribution in [2.24, 2.45) is 0 Å². The lowest BCUT2D eigenvalue weighted by Gasteiger charge is -2.16. The lowest BCUT2D eigenvalue weighted by Crippen LogP contribution is -2.28. The molecule has 1 aliphatic carbocycles. The molecule has 7 heteroatoms. The maximum atomic E-state index is 12.1. The summed E-state index contributed by atoms with van der Waals surface area (Å²) in [5.41, 5.74) is 2.32. The van der Waals surface area contributed by atoms with Gasteiger partial charge < -0.3 is 5.32 Å². The number of hydrogen-bond donors (Lipinski definition) is 1. The fraction of sp³-hybridized carbons (Fsp3) is 0.467. The molecule has 1 saturated carbocycles. The largest absolute Gasteiger partial charge is 0.349 e. The topological polar surface area (TPSA) is 72.7 Å². The molecule has 1 aromatic carbocycles. The number of nitrogens with one attached hydrogen (secondary N) is 1. The summed E-state index contributed by atoms with van der Waals surface area (Å²) >= 11 is 1.39. The van der Waals surface area contributed by atoms with Crippen molar-refractivity contribution in [2.45, 2.75) is 43.9 Å². The number of benzene rings is 1. The maximum Gasteiger partial charge on any atom is 0.230 e. The molecule has 0 saturated heterocycles.